The van der Waals surface area contributed by atoms with E-state index in [4.69, 9.17) is 14.9 Å². The summed E-state index contributed by atoms with van der Waals surface area (Å²) >= 11 is 0. The average molecular weight is 306 g/mol. The van der Waals surface area contributed by atoms with Crippen LogP contribution in [0.2, 0.25) is 0 Å². The Kier molecular flexibility index (Phi) is 8.56. The fourth-order valence-corrected chi connectivity index (χ4v) is 2.06. The molecule has 0 aliphatic heterocycles. The molecule has 3 N–H and O–H groups in total. The number of hydrogen-bond donors (Lipinski definition) is 3. The SMILES string of the molecule is CC(C)C(=C=CC[C@H](O)c1cccc(OCCO)c1)CCO. The topological polar surface area (TPSA) is 69.9 Å². The van der Waals surface area contributed by atoms with Crippen LogP contribution in [0.1, 0.15) is 38.4 Å². The van der Waals surface area contributed by atoms with Crippen LogP contribution in [0.3, 0.4) is 0 Å². The Labute approximate surface area is 132 Å². The lowest BCUT2D eigenvalue weighted by atomic mass is 10.0. The monoisotopic (exact) mass is 306 g/mol. The standard InChI is InChI=1S/C18H26O4/c1-14(2)15(9-10-19)5-4-8-18(21)16-6-3-7-17(13-16)22-12-11-20/h3-4,6-7,13-14,18-21H,8-12H2,1-2H3/t5?,18-/m0/s1. The molecule has 0 unspecified atom stereocenters. The van der Waals surface area contributed by atoms with Gasteiger partial charge in [-0.3, -0.25) is 0 Å². The van der Waals surface area contributed by atoms with Gasteiger partial charge in [0.05, 0.1) is 12.7 Å². The van der Waals surface area contributed by atoms with Crippen molar-refractivity contribution in [2.45, 2.75) is 32.8 Å². The summed E-state index contributed by atoms with van der Waals surface area (Å²) in [4.78, 5) is 0. The maximum atomic E-state index is 10.2. The van der Waals surface area contributed by atoms with E-state index < -0.39 is 6.10 Å². The highest BCUT2D eigenvalue weighted by atomic mass is 16.5. The molecule has 0 aromatic heterocycles. The lowest BCUT2D eigenvalue weighted by molar-refractivity contribution is 0.179. The molecule has 4 heteroatoms. The minimum absolute atomic E-state index is 0.0385. The Bertz CT molecular complexity index is 502. The van der Waals surface area contributed by atoms with E-state index in [1.54, 1.807) is 12.1 Å². The molecule has 1 rings (SSSR count). The van der Waals surface area contributed by atoms with Gasteiger partial charge in [0.1, 0.15) is 12.4 Å². The van der Waals surface area contributed by atoms with Crippen molar-refractivity contribution >= 4 is 0 Å². The third-order valence-electron chi connectivity index (χ3n) is 3.31. The van der Waals surface area contributed by atoms with Crippen LogP contribution in [0.4, 0.5) is 0 Å². The number of rotatable bonds is 9. The van der Waals surface area contributed by atoms with Crippen molar-refractivity contribution in [3.8, 4) is 5.75 Å². The maximum absolute atomic E-state index is 10.2. The van der Waals surface area contributed by atoms with Crippen molar-refractivity contribution in [2.75, 3.05) is 19.8 Å². The molecule has 4 nitrogen and oxygen atoms in total. The van der Waals surface area contributed by atoms with E-state index >= 15 is 0 Å². The minimum Gasteiger partial charge on any atom is -0.491 e. The first kappa shape index (κ1) is 18.5. The van der Waals surface area contributed by atoms with Crippen LogP contribution >= 0.6 is 0 Å². The second kappa shape index (κ2) is 10.2. The van der Waals surface area contributed by atoms with Gasteiger partial charge in [-0.15, -0.1) is 5.73 Å². The lowest BCUT2D eigenvalue weighted by Crippen LogP contribution is -2.02. The van der Waals surface area contributed by atoms with Gasteiger partial charge < -0.3 is 20.1 Å². The van der Waals surface area contributed by atoms with Crippen LogP contribution < -0.4 is 4.74 Å². The fraction of sp³-hybridized carbons (Fsp3) is 0.500. The fourth-order valence-electron chi connectivity index (χ4n) is 2.06. The number of benzene rings is 1. The maximum Gasteiger partial charge on any atom is 0.119 e. The molecule has 1 aromatic carbocycles. The first-order valence-corrected chi connectivity index (χ1v) is 7.65. The summed E-state index contributed by atoms with van der Waals surface area (Å²) in [5.41, 5.74) is 4.99. The van der Waals surface area contributed by atoms with Crippen LogP contribution in [-0.4, -0.2) is 35.1 Å². The van der Waals surface area contributed by atoms with E-state index in [-0.39, 0.29) is 19.8 Å². The minimum atomic E-state index is -0.632. The Balaban J connectivity index is 2.72. The number of ether oxygens (including phenoxy) is 1. The molecule has 0 aliphatic carbocycles. The third-order valence-corrected chi connectivity index (χ3v) is 3.31. The van der Waals surface area contributed by atoms with E-state index in [9.17, 15) is 5.11 Å². The molecular weight excluding hydrogens is 280 g/mol. The van der Waals surface area contributed by atoms with E-state index in [2.05, 4.69) is 19.6 Å². The first-order chi connectivity index (χ1) is 10.6. The molecule has 0 bridgehead atoms. The third kappa shape index (κ3) is 6.46. The zero-order chi connectivity index (χ0) is 16.4. The second-order valence-electron chi connectivity index (χ2n) is 5.40. The smallest absolute Gasteiger partial charge is 0.119 e. The predicted octanol–water partition coefficient (Wildman–Crippen LogP) is 2.60. The zero-order valence-electron chi connectivity index (χ0n) is 13.3. The van der Waals surface area contributed by atoms with Gasteiger partial charge in [0.15, 0.2) is 0 Å². The molecule has 122 valence electrons. The number of aliphatic hydroxyl groups is 3. The van der Waals surface area contributed by atoms with Gasteiger partial charge in [0, 0.05) is 13.0 Å². The van der Waals surface area contributed by atoms with E-state index in [1.807, 2.05) is 18.2 Å². The van der Waals surface area contributed by atoms with Gasteiger partial charge in [-0.25, -0.2) is 0 Å². The van der Waals surface area contributed by atoms with Crippen LogP contribution in [0.25, 0.3) is 0 Å². The predicted molar refractivity (Wildman–Crippen MR) is 86.7 cm³/mol. The molecular formula is C18H26O4. The van der Waals surface area contributed by atoms with Crippen molar-refractivity contribution in [3.05, 3.63) is 47.2 Å². The summed E-state index contributed by atoms with van der Waals surface area (Å²) in [7, 11) is 0. The molecule has 1 aromatic rings. The van der Waals surface area contributed by atoms with Gasteiger partial charge in [-0.2, -0.15) is 0 Å². The lowest BCUT2D eigenvalue weighted by Gasteiger charge is -2.11. The number of hydrogen-bond acceptors (Lipinski definition) is 4. The summed E-state index contributed by atoms with van der Waals surface area (Å²) in [6.45, 7) is 4.43. The Morgan fingerprint density at radius 1 is 1.27 bits per heavy atom. The van der Waals surface area contributed by atoms with Crippen molar-refractivity contribution in [1.29, 1.82) is 0 Å². The second-order valence-corrected chi connectivity index (χ2v) is 5.40. The summed E-state index contributed by atoms with van der Waals surface area (Å²) in [5, 5.41) is 28.0. The van der Waals surface area contributed by atoms with Gasteiger partial charge in [0.2, 0.25) is 0 Å². The van der Waals surface area contributed by atoms with Crippen molar-refractivity contribution in [3.63, 3.8) is 0 Å². The summed E-state index contributed by atoms with van der Waals surface area (Å²) in [5.74, 6) is 0.962. The van der Waals surface area contributed by atoms with Gasteiger partial charge in [-0.1, -0.05) is 26.0 Å². The molecule has 22 heavy (non-hydrogen) atoms. The van der Waals surface area contributed by atoms with Crippen LogP contribution in [0, 0.1) is 5.92 Å². The molecule has 0 spiro atoms. The highest BCUT2D eigenvalue weighted by Crippen LogP contribution is 2.22. The Morgan fingerprint density at radius 2 is 2.05 bits per heavy atom. The van der Waals surface area contributed by atoms with E-state index in [0.717, 1.165) is 11.1 Å². The molecule has 0 saturated heterocycles. The average Bonchev–Trinajstić information content (AvgIpc) is 2.52. The summed E-state index contributed by atoms with van der Waals surface area (Å²) in [6, 6.07) is 7.22. The van der Waals surface area contributed by atoms with Crippen molar-refractivity contribution in [1.82, 2.24) is 0 Å². The summed E-state index contributed by atoms with van der Waals surface area (Å²) in [6.07, 6.45) is 2.24. The zero-order valence-corrected chi connectivity index (χ0v) is 13.3. The van der Waals surface area contributed by atoms with Crippen LogP contribution in [0.5, 0.6) is 5.75 Å². The normalized spacial score (nSPS) is 11.9. The summed E-state index contributed by atoms with van der Waals surface area (Å²) < 4.78 is 5.33. The molecule has 0 amide bonds. The first-order valence-electron chi connectivity index (χ1n) is 7.65. The van der Waals surface area contributed by atoms with Crippen molar-refractivity contribution < 1.29 is 20.1 Å². The molecule has 1 atom stereocenters. The molecule has 0 heterocycles. The van der Waals surface area contributed by atoms with E-state index in [0.29, 0.717) is 24.5 Å². The number of aliphatic hydroxyl groups excluding tert-OH is 3. The quantitative estimate of drug-likeness (QED) is 0.613. The molecule has 0 radical (unpaired) electrons. The van der Waals surface area contributed by atoms with Gasteiger partial charge >= 0.3 is 0 Å². The molecule has 0 fully saturated rings. The highest BCUT2D eigenvalue weighted by Gasteiger charge is 2.07. The van der Waals surface area contributed by atoms with Crippen molar-refractivity contribution in [2.24, 2.45) is 5.92 Å². The molecule has 0 saturated carbocycles. The van der Waals surface area contributed by atoms with Crippen LogP contribution in [0.15, 0.2) is 41.6 Å². The highest BCUT2D eigenvalue weighted by molar-refractivity contribution is 5.30. The Morgan fingerprint density at radius 3 is 2.68 bits per heavy atom. The Hall–Kier alpha value is -1.58. The van der Waals surface area contributed by atoms with Crippen LogP contribution in [-0.2, 0) is 0 Å². The van der Waals surface area contributed by atoms with Gasteiger partial charge in [0.25, 0.3) is 0 Å². The molecule has 0 aliphatic rings. The van der Waals surface area contributed by atoms with Gasteiger partial charge in [-0.05, 0) is 41.7 Å². The van der Waals surface area contributed by atoms with E-state index in [1.165, 1.54) is 0 Å². The largest absolute Gasteiger partial charge is 0.491 e.